The number of hydrogen-bond donors (Lipinski definition) is 1. The highest BCUT2D eigenvalue weighted by Crippen LogP contribution is 2.25. The van der Waals surface area contributed by atoms with Gasteiger partial charge in [0.15, 0.2) is 0 Å². The summed E-state index contributed by atoms with van der Waals surface area (Å²) in [4.78, 5) is 13.2. The smallest absolute Gasteiger partial charge is 0.233 e. The van der Waals surface area contributed by atoms with Crippen molar-refractivity contribution in [1.29, 1.82) is 0 Å². The molecule has 0 heterocycles. The zero-order valence-electron chi connectivity index (χ0n) is 13.9. The van der Waals surface area contributed by atoms with Gasteiger partial charge in [-0.3, -0.25) is 4.79 Å². The van der Waals surface area contributed by atoms with E-state index >= 15 is 0 Å². The third-order valence-electron chi connectivity index (χ3n) is 3.62. The van der Waals surface area contributed by atoms with Crippen LogP contribution in [0.1, 0.15) is 18.9 Å². The van der Waals surface area contributed by atoms with Gasteiger partial charge in [-0.2, -0.15) is 0 Å². The summed E-state index contributed by atoms with van der Waals surface area (Å²) in [6.07, 6.45) is 1.73. The predicted molar refractivity (Wildman–Crippen MR) is 101 cm³/mol. The number of hydrogen-bond acceptors (Lipinski definition) is 3. The van der Waals surface area contributed by atoms with Gasteiger partial charge in [-0.25, -0.2) is 0 Å². The van der Waals surface area contributed by atoms with Gasteiger partial charge in [0.1, 0.15) is 5.75 Å². The summed E-state index contributed by atoms with van der Waals surface area (Å²) >= 11 is 7.67. The summed E-state index contributed by atoms with van der Waals surface area (Å²) in [7, 11) is 1.64. The Morgan fingerprint density at radius 1 is 1.21 bits per heavy atom. The molecule has 1 N–H and O–H groups in total. The molecule has 3 nitrogen and oxygen atoms in total. The van der Waals surface area contributed by atoms with E-state index < -0.39 is 0 Å². The first-order valence-corrected chi connectivity index (χ1v) is 9.17. The lowest BCUT2D eigenvalue weighted by Gasteiger charge is -2.12. The van der Waals surface area contributed by atoms with E-state index in [-0.39, 0.29) is 11.2 Å². The van der Waals surface area contributed by atoms with Crippen LogP contribution in [0.2, 0.25) is 5.02 Å². The summed E-state index contributed by atoms with van der Waals surface area (Å²) in [6.45, 7) is 2.57. The van der Waals surface area contributed by atoms with Gasteiger partial charge in [0.05, 0.1) is 12.4 Å². The molecule has 0 aliphatic rings. The number of amides is 1. The maximum atomic E-state index is 12.2. The van der Waals surface area contributed by atoms with Gasteiger partial charge in [0.25, 0.3) is 0 Å². The minimum Gasteiger partial charge on any atom is -0.497 e. The fraction of sp³-hybridized carbons (Fsp3) is 0.316. The van der Waals surface area contributed by atoms with Crippen molar-refractivity contribution in [2.45, 2.75) is 29.9 Å². The molecule has 0 unspecified atom stereocenters. The molecule has 0 saturated carbocycles. The Kier molecular flexibility index (Phi) is 7.47. The molecule has 2 aromatic carbocycles. The number of carbonyl (C=O) groups is 1. The first-order chi connectivity index (χ1) is 11.6. The maximum absolute atomic E-state index is 12.2. The van der Waals surface area contributed by atoms with E-state index in [1.54, 1.807) is 7.11 Å². The lowest BCUT2D eigenvalue weighted by molar-refractivity contribution is -0.120. The number of halogens is 1. The van der Waals surface area contributed by atoms with Crippen molar-refractivity contribution in [3.05, 3.63) is 59.1 Å². The molecule has 0 fully saturated rings. The van der Waals surface area contributed by atoms with E-state index in [0.717, 1.165) is 34.1 Å². The van der Waals surface area contributed by atoms with Crippen molar-refractivity contribution in [3.8, 4) is 5.75 Å². The second-order valence-electron chi connectivity index (χ2n) is 5.42. The van der Waals surface area contributed by atoms with Crippen molar-refractivity contribution in [3.63, 3.8) is 0 Å². The van der Waals surface area contributed by atoms with Crippen molar-refractivity contribution >= 4 is 29.3 Å². The number of nitrogens with one attached hydrogen (secondary N) is 1. The first-order valence-electron chi connectivity index (χ1n) is 7.92. The molecule has 128 valence electrons. The average molecular weight is 364 g/mol. The van der Waals surface area contributed by atoms with Gasteiger partial charge >= 0.3 is 0 Å². The van der Waals surface area contributed by atoms with Gasteiger partial charge in [-0.1, -0.05) is 29.8 Å². The predicted octanol–water partition coefficient (Wildman–Crippen LogP) is 4.58. The third-order valence-corrected chi connectivity index (χ3v) is 5.10. The molecule has 0 saturated heterocycles. The molecule has 0 radical (unpaired) electrons. The van der Waals surface area contributed by atoms with Crippen LogP contribution in [-0.2, 0) is 11.2 Å². The molecule has 0 aliphatic carbocycles. The molecule has 0 bridgehead atoms. The van der Waals surface area contributed by atoms with E-state index in [2.05, 4.69) is 5.32 Å². The van der Waals surface area contributed by atoms with Crippen LogP contribution in [0.3, 0.4) is 0 Å². The molecule has 0 aliphatic heterocycles. The standard InChI is InChI=1S/C19H22ClNO2S/c1-14(24-17-11-9-16(23-2)10-12-17)19(22)21-13-5-7-15-6-3-4-8-18(15)20/h3-4,6,8-12,14H,5,7,13H2,1-2H3,(H,21,22)/t14-/m1/s1. The maximum Gasteiger partial charge on any atom is 0.233 e. The van der Waals surface area contributed by atoms with Crippen LogP contribution in [0.15, 0.2) is 53.4 Å². The van der Waals surface area contributed by atoms with Gasteiger partial charge in [-0.05, 0) is 55.7 Å². The third kappa shape index (κ3) is 5.77. The SMILES string of the molecule is COc1ccc(S[C@H](C)C(=O)NCCCc2ccccc2Cl)cc1. The second-order valence-corrected chi connectivity index (χ2v) is 7.24. The number of methoxy groups -OCH3 is 1. The molecule has 5 heteroatoms. The number of ether oxygens (including phenoxy) is 1. The minimum atomic E-state index is -0.140. The van der Waals surface area contributed by atoms with Crippen LogP contribution in [0, 0.1) is 0 Å². The van der Waals surface area contributed by atoms with Crippen molar-refractivity contribution in [2.75, 3.05) is 13.7 Å². The van der Waals surface area contributed by atoms with E-state index in [4.69, 9.17) is 16.3 Å². The number of benzene rings is 2. The fourth-order valence-electron chi connectivity index (χ4n) is 2.25. The summed E-state index contributed by atoms with van der Waals surface area (Å²) in [5.74, 6) is 0.867. The van der Waals surface area contributed by atoms with E-state index in [0.29, 0.717) is 6.54 Å². The highest BCUT2D eigenvalue weighted by atomic mass is 35.5. The molecule has 24 heavy (non-hydrogen) atoms. The largest absolute Gasteiger partial charge is 0.497 e. The fourth-order valence-corrected chi connectivity index (χ4v) is 3.37. The van der Waals surface area contributed by atoms with E-state index in [1.807, 2.05) is 55.5 Å². The molecule has 2 aromatic rings. The zero-order chi connectivity index (χ0) is 17.4. The highest BCUT2D eigenvalue weighted by Gasteiger charge is 2.13. The zero-order valence-corrected chi connectivity index (χ0v) is 15.5. The average Bonchev–Trinajstić information content (AvgIpc) is 2.60. The number of carbonyl (C=O) groups excluding carboxylic acids is 1. The number of rotatable bonds is 8. The number of aryl methyl sites for hydroxylation is 1. The van der Waals surface area contributed by atoms with Crippen LogP contribution < -0.4 is 10.1 Å². The van der Waals surface area contributed by atoms with Crippen LogP contribution in [0.25, 0.3) is 0 Å². The Balaban J connectivity index is 1.72. The lowest BCUT2D eigenvalue weighted by atomic mass is 10.1. The van der Waals surface area contributed by atoms with Crippen LogP contribution in [0.5, 0.6) is 5.75 Å². The summed E-state index contributed by atoms with van der Waals surface area (Å²) < 4.78 is 5.13. The first kappa shape index (κ1) is 18.7. The normalized spacial score (nSPS) is 11.8. The quantitative estimate of drug-likeness (QED) is 0.551. The molecule has 1 atom stereocenters. The Morgan fingerprint density at radius 2 is 1.92 bits per heavy atom. The highest BCUT2D eigenvalue weighted by molar-refractivity contribution is 8.00. The Morgan fingerprint density at radius 3 is 2.58 bits per heavy atom. The van der Waals surface area contributed by atoms with Crippen molar-refractivity contribution < 1.29 is 9.53 Å². The minimum absolute atomic E-state index is 0.0509. The summed E-state index contributed by atoms with van der Waals surface area (Å²) in [5.41, 5.74) is 1.12. The molecule has 0 aromatic heterocycles. The molecule has 1 amide bonds. The van der Waals surface area contributed by atoms with Gasteiger partial charge in [0, 0.05) is 16.5 Å². The number of thioether (sulfide) groups is 1. The van der Waals surface area contributed by atoms with Gasteiger partial charge in [-0.15, -0.1) is 11.8 Å². The second kappa shape index (κ2) is 9.60. The van der Waals surface area contributed by atoms with Crippen molar-refractivity contribution in [2.24, 2.45) is 0 Å². The summed E-state index contributed by atoms with van der Waals surface area (Å²) in [5, 5.41) is 3.63. The molecule has 0 spiro atoms. The van der Waals surface area contributed by atoms with Crippen LogP contribution >= 0.6 is 23.4 Å². The van der Waals surface area contributed by atoms with E-state index in [1.165, 1.54) is 11.8 Å². The lowest BCUT2D eigenvalue weighted by Crippen LogP contribution is -2.31. The Bertz CT molecular complexity index is 661. The van der Waals surface area contributed by atoms with Crippen molar-refractivity contribution in [1.82, 2.24) is 5.32 Å². The van der Waals surface area contributed by atoms with Crippen LogP contribution in [0.4, 0.5) is 0 Å². The Hall–Kier alpha value is -1.65. The van der Waals surface area contributed by atoms with Crippen LogP contribution in [-0.4, -0.2) is 24.8 Å². The summed E-state index contributed by atoms with van der Waals surface area (Å²) in [6, 6.07) is 15.5. The monoisotopic (exact) mass is 363 g/mol. The topological polar surface area (TPSA) is 38.3 Å². The molecular weight excluding hydrogens is 342 g/mol. The molecular formula is C19H22ClNO2S. The Labute approximate surface area is 152 Å². The van der Waals surface area contributed by atoms with Gasteiger partial charge in [0.2, 0.25) is 5.91 Å². The molecule has 2 rings (SSSR count). The van der Waals surface area contributed by atoms with Gasteiger partial charge < -0.3 is 10.1 Å². The van der Waals surface area contributed by atoms with E-state index in [9.17, 15) is 4.79 Å².